The first-order valence-corrected chi connectivity index (χ1v) is 6.13. The van der Waals surface area contributed by atoms with Crippen LogP contribution in [0.1, 0.15) is 12.5 Å². The highest BCUT2D eigenvalue weighted by Crippen LogP contribution is 2.30. The first kappa shape index (κ1) is 14.9. The third-order valence-corrected chi connectivity index (χ3v) is 3.24. The summed E-state index contributed by atoms with van der Waals surface area (Å²) in [4.78, 5) is 11.7. The Balaban J connectivity index is 2.54. The van der Waals surface area contributed by atoms with Crippen LogP contribution in [0.25, 0.3) is 0 Å². The maximum Gasteiger partial charge on any atom is 0.247 e. The molecule has 3 N–H and O–H groups in total. The summed E-state index contributed by atoms with van der Waals surface area (Å²) >= 11 is 0. The van der Waals surface area contributed by atoms with Gasteiger partial charge < -0.3 is 11.1 Å². The Bertz CT molecular complexity index is 690. The molecule has 0 aliphatic carbocycles. The van der Waals surface area contributed by atoms with Gasteiger partial charge in [0.15, 0.2) is 11.6 Å². The molecule has 2 aromatic carbocycles. The van der Waals surface area contributed by atoms with E-state index in [1.54, 1.807) is 0 Å². The second-order valence-electron chi connectivity index (χ2n) is 4.70. The van der Waals surface area contributed by atoms with Crippen LogP contribution in [0.3, 0.4) is 0 Å². The van der Waals surface area contributed by atoms with E-state index >= 15 is 0 Å². The van der Waals surface area contributed by atoms with E-state index in [2.05, 4.69) is 5.32 Å². The van der Waals surface area contributed by atoms with Gasteiger partial charge in [-0.2, -0.15) is 0 Å². The Morgan fingerprint density at radius 2 is 1.67 bits per heavy atom. The van der Waals surface area contributed by atoms with Crippen molar-refractivity contribution in [3.8, 4) is 0 Å². The average molecular weight is 294 g/mol. The van der Waals surface area contributed by atoms with E-state index in [1.165, 1.54) is 43.3 Å². The number of nitrogens with two attached hydrogens (primary N) is 1. The number of primary amides is 1. The molecule has 1 unspecified atom stereocenters. The number of para-hydroxylation sites is 1. The summed E-state index contributed by atoms with van der Waals surface area (Å²) in [5.41, 5.74) is 3.18. The van der Waals surface area contributed by atoms with Gasteiger partial charge in [0, 0.05) is 5.56 Å². The van der Waals surface area contributed by atoms with Crippen molar-refractivity contribution < 1.29 is 18.0 Å². The zero-order valence-electron chi connectivity index (χ0n) is 11.2. The molecule has 0 saturated heterocycles. The summed E-state index contributed by atoms with van der Waals surface area (Å²) in [5, 5.41) is 2.55. The lowest BCUT2D eigenvalue weighted by molar-refractivity contribution is -0.122. The Hall–Kier alpha value is -2.50. The maximum absolute atomic E-state index is 13.9. The third-order valence-electron chi connectivity index (χ3n) is 3.24. The lowest BCUT2D eigenvalue weighted by atomic mass is 9.90. The SMILES string of the molecule is CC(Nc1ccccc1F)(C(N)=O)c1cccc(F)c1F. The number of nitrogens with one attached hydrogen (secondary N) is 1. The number of carbonyl (C=O) groups is 1. The topological polar surface area (TPSA) is 55.1 Å². The number of anilines is 1. The van der Waals surface area contributed by atoms with Gasteiger partial charge in [0.1, 0.15) is 11.4 Å². The zero-order valence-corrected chi connectivity index (χ0v) is 11.2. The van der Waals surface area contributed by atoms with Crippen molar-refractivity contribution >= 4 is 11.6 Å². The van der Waals surface area contributed by atoms with Crippen molar-refractivity contribution in [1.29, 1.82) is 0 Å². The van der Waals surface area contributed by atoms with Crippen LogP contribution in [0.2, 0.25) is 0 Å². The molecule has 0 aliphatic heterocycles. The van der Waals surface area contributed by atoms with Crippen LogP contribution in [0.15, 0.2) is 42.5 Å². The van der Waals surface area contributed by atoms with Crippen molar-refractivity contribution in [2.24, 2.45) is 5.73 Å². The molecule has 0 saturated carbocycles. The van der Waals surface area contributed by atoms with E-state index < -0.39 is 28.9 Å². The monoisotopic (exact) mass is 294 g/mol. The molecule has 1 atom stereocenters. The average Bonchev–Trinajstić information content (AvgIpc) is 2.44. The fourth-order valence-corrected chi connectivity index (χ4v) is 1.98. The zero-order chi connectivity index (χ0) is 15.6. The van der Waals surface area contributed by atoms with E-state index in [0.717, 1.165) is 6.07 Å². The molecular formula is C15H13F3N2O. The van der Waals surface area contributed by atoms with Gasteiger partial charge in [-0.05, 0) is 25.1 Å². The van der Waals surface area contributed by atoms with Gasteiger partial charge in [-0.1, -0.05) is 24.3 Å². The number of rotatable bonds is 4. The van der Waals surface area contributed by atoms with E-state index in [4.69, 9.17) is 5.73 Å². The number of halogens is 3. The van der Waals surface area contributed by atoms with Gasteiger partial charge in [-0.3, -0.25) is 4.79 Å². The minimum Gasteiger partial charge on any atom is -0.367 e. The molecule has 3 nitrogen and oxygen atoms in total. The first-order valence-electron chi connectivity index (χ1n) is 6.13. The highest BCUT2D eigenvalue weighted by molar-refractivity contribution is 5.89. The summed E-state index contributed by atoms with van der Waals surface area (Å²) in [6.07, 6.45) is 0. The molecule has 21 heavy (non-hydrogen) atoms. The molecule has 0 spiro atoms. The second kappa shape index (κ2) is 5.47. The summed E-state index contributed by atoms with van der Waals surface area (Å²) in [7, 11) is 0. The largest absolute Gasteiger partial charge is 0.367 e. The molecule has 0 radical (unpaired) electrons. The Kier molecular flexibility index (Phi) is 3.88. The lowest BCUT2D eigenvalue weighted by Crippen LogP contribution is -2.46. The number of hydrogen-bond acceptors (Lipinski definition) is 2. The summed E-state index contributed by atoms with van der Waals surface area (Å²) in [6, 6.07) is 8.93. The molecule has 0 heterocycles. The molecule has 0 aliphatic rings. The number of hydrogen-bond donors (Lipinski definition) is 2. The quantitative estimate of drug-likeness (QED) is 0.911. The number of benzene rings is 2. The normalized spacial score (nSPS) is 13.5. The van der Waals surface area contributed by atoms with Crippen LogP contribution in [-0.2, 0) is 10.3 Å². The van der Waals surface area contributed by atoms with Crippen molar-refractivity contribution in [2.75, 3.05) is 5.32 Å². The Morgan fingerprint density at radius 1 is 1.05 bits per heavy atom. The van der Waals surface area contributed by atoms with Gasteiger partial charge in [0.05, 0.1) is 5.69 Å². The van der Waals surface area contributed by atoms with Crippen molar-refractivity contribution in [3.63, 3.8) is 0 Å². The minimum atomic E-state index is -1.80. The van der Waals surface area contributed by atoms with Crippen molar-refractivity contribution in [2.45, 2.75) is 12.5 Å². The van der Waals surface area contributed by atoms with E-state index in [9.17, 15) is 18.0 Å². The molecule has 0 bridgehead atoms. The number of carbonyl (C=O) groups excluding carboxylic acids is 1. The maximum atomic E-state index is 13.9. The third kappa shape index (κ3) is 2.69. The molecular weight excluding hydrogens is 281 g/mol. The van der Waals surface area contributed by atoms with E-state index in [-0.39, 0.29) is 11.3 Å². The van der Waals surface area contributed by atoms with Gasteiger partial charge >= 0.3 is 0 Å². The molecule has 1 amide bonds. The standard InChI is InChI=1S/C15H13F3N2O/c1-15(14(19)21,9-5-4-7-11(17)13(9)18)20-12-8-3-2-6-10(12)16/h2-8,20H,1H3,(H2,19,21). The minimum absolute atomic E-state index is 0.0394. The van der Waals surface area contributed by atoms with Gasteiger partial charge in [-0.15, -0.1) is 0 Å². The fraction of sp³-hybridized carbons (Fsp3) is 0.133. The Morgan fingerprint density at radius 3 is 2.29 bits per heavy atom. The Labute approximate surface area is 119 Å². The predicted molar refractivity (Wildman–Crippen MR) is 72.9 cm³/mol. The summed E-state index contributed by atoms with van der Waals surface area (Å²) in [6.45, 7) is 1.26. The van der Waals surface area contributed by atoms with Crippen molar-refractivity contribution in [3.05, 3.63) is 65.5 Å². The molecule has 0 fully saturated rings. The number of amides is 1. The van der Waals surface area contributed by atoms with E-state index in [1.807, 2.05) is 0 Å². The van der Waals surface area contributed by atoms with Gasteiger partial charge in [0.25, 0.3) is 0 Å². The first-order chi connectivity index (χ1) is 9.86. The van der Waals surface area contributed by atoms with Crippen LogP contribution in [0.5, 0.6) is 0 Å². The lowest BCUT2D eigenvalue weighted by Gasteiger charge is -2.29. The fourth-order valence-electron chi connectivity index (χ4n) is 1.98. The highest BCUT2D eigenvalue weighted by Gasteiger charge is 2.37. The van der Waals surface area contributed by atoms with Crippen LogP contribution in [0.4, 0.5) is 18.9 Å². The van der Waals surface area contributed by atoms with Crippen molar-refractivity contribution in [1.82, 2.24) is 0 Å². The molecule has 2 aromatic rings. The van der Waals surface area contributed by atoms with Crippen LogP contribution < -0.4 is 11.1 Å². The van der Waals surface area contributed by atoms with Crippen LogP contribution in [0, 0.1) is 17.5 Å². The summed E-state index contributed by atoms with van der Waals surface area (Å²) < 4.78 is 41.0. The molecule has 110 valence electrons. The smallest absolute Gasteiger partial charge is 0.247 e. The van der Waals surface area contributed by atoms with E-state index in [0.29, 0.717) is 0 Å². The van der Waals surface area contributed by atoms with Crippen LogP contribution >= 0.6 is 0 Å². The highest BCUT2D eigenvalue weighted by atomic mass is 19.2. The predicted octanol–water partition coefficient (Wildman–Crippen LogP) is 2.92. The van der Waals surface area contributed by atoms with Crippen LogP contribution in [-0.4, -0.2) is 5.91 Å². The summed E-state index contributed by atoms with van der Waals surface area (Å²) in [5.74, 6) is -3.92. The molecule has 6 heteroatoms. The van der Waals surface area contributed by atoms with Gasteiger partial charge in [0.2, 0.25) is 5.91 Å². The molecule has 2 rings (SSSR count). The molecule has 0 aromatic heterocycles. The second-order valence-corrected chi connectivity index (χ2v) is 4.70. The van der Waals surface area contributed by atoms with Gasteiger partial charge in [-0.25, -0.2) is 13.2 Å².